The van der Waals surface area contributed by atoms with Crippen LogP contribution in [-0.2, 0) is 14.3 Å². The molecule has 1 aliphatic heterocycles. The number of hydrogen-bond donors (Lipinski definition) is 2. The van der Waals surface area contributed by atoms with Gasteiger partial charge in [-0.2, -0.15) is 13.2 Å². The monoisotopic (exact) mass is 657 g/mol. The van der Waals surface area contributed by atoms with Crippen LogP contribution >= 0.6 is 34.8 Å². The number of benzene rings is 1. The third kappa shape index (κ3) is 8.12. The molecule has 1 aromatic rings. The number of ether oxygens (including phenoxy) is 1. The number of hydrogen-bond acceptors (Lipinski definition) is 4. The van der Waals surface area contributed by atoms with E-state index < -0.39 is 51.4 Å². The van der Waals surface area contributed by atoms with Crippen molar-refractivity contribution in [2.24, 2.45) is 5.41 Å². The quantitative estimate of drug-likeness (QED) is 0.264. The number of carbonyl (C=O) groups excluding carboxylic acids is 1. The zero-order valence-corrected chi connectivity index (χ0v) is 26.7. The fraction of sp³-hybridized carbons (Fsp3) is 0.655. The van der Waals surface area contributed by atoms with Crippen LogP contribution in [0.5, 0.6) is 0 Å². The maximum Gasteiger partial charge on any atom is 0.467 e. The number of amides is 1. The predicted octanol–water partition coefficient (Wildman–Crippen LogP) is 7.02. The second-order valence-electron chi connectivity index (χ2n) is 12.9. The Balaban J connectivity index is 1.91. The molecule has 0 radical (unpaired) electrons. The number of allylic oxidation sites excluding steroid dienone is 1. The van der Waals surface area contributed by atoms with Crippen molar-refractivity contribution in [3.8, 4) is 0 Å². The van der Waals surface area contributed by atoms with Crippen LogP contribution < -0.4 is 0 Å². The SMILES string of the molecule is CC1(CC(=O)O)CCC([N+]2(C)CC(C(=O)N(CCOC(C)(C)C)CC(O)c3c(Cl)cc(Cl)cc3Cl)=C2C(F)(F)F)CC1. The van der Waals surface area contributed by atoms with E-state index in [1.807, 2.05) is 27.7 Å². The second-order valence-corrected chi connectivity index (χ2v) is 14.1. The molecular formula is C29H39Cl3F3N2O5+. The molecule has 42 heavy (non-hydrogen) atoms. The third-order valence-corrected chi connectivity index (χ3v) is 9.15. The van der Waals surface area contributed by atoms with E-state index in [0.29, 0.717) is 25.7 Å². The highest BCUT2D eigenvalue weighted by molar-refractivity contribution is 6.39. The maximum absolute atomic E-state index is 14.6. The normalized spacial score (nSPS) is 25.7. The van der Waals surface area contributed by atoms with Gasteiger partial charge < -0.3 is 19.8 Å². The topological polar surface area (TPSA) is 87.1 Å². The first-order valence-corrected chi connectivity index (χ1v) is 14.9. The molecule has 0 bridgehead atoms. The van der Waals surface area contributed by atoms with Gasteiger partial charge in [-0.05, 0) is 51.2 Å². The predicted molar refractivity (Wildman–Crippen MR) is 155 cm³/mol. The number of likely N-dealkylation sites (N-methyl/N-ethyl adjacent to an activating group) is 1. The Labute approximate surface area is 259 Å². The van der Waals surface area contributed by atoms with Gasteiger partial charge in [-0.3, -0.25) is 14.1 Å². The zero-order valence-electron chi connectivity index (χ0n) is 24.5. The molecule has 1 saturated carbocycles. The average Bonchev–Trinajstić information content (AvgIpc) is 2.78. The van der Waals surface area contributed by atoms with Crippen molar-refractivity contribution < 1.29 is 42.2 Å². The molecule has 1 fully saturated rings. The van der Waals surface area contributed by atoms with Crippen LogP contribution in [0.1, 0.15) is 71.5 Å². The Morgan fingerprint density at radius 2 is 1.69 bits per heavy atom. The van der Waals surface area contributed by atoms with E-state index >= 15 is 0 Å². The van der Waals surface area contributed by atoms with Gasteiger partial charge in [0.2, 0.25) is 5.70 Å². The molecular weight excluding hydrogens is 620 g/mol. The molecule has 0 aromatic heterocycles. The van der Waals surface area contributed by atoms with Crippen molar-refractivity contribution in [1.82, 2.24) is 4.90 Å². The lowest BCUT2D eigenvalue weighted by Gasteiger charge is -2.52. The summed E-state index contributed by atoms with van der Waals surface area (Å²) in [5.74, 6) is -1.77. The molecule has 0 saturated heterocycles. The number of rotatable bonds is 10. The highest BCUT2D eigenvalue weighted by Crippen LogP contribution is 2.50. The Morgan fingerprint density at radius 1 is 1.14 bits per heavy atom. The van der Waals surface area contributed by atoms with Gasteiger partial charge in [0.05, 0.1) is 44.4 Å². The first kappa shape index (κ1) is 34.9. The van der Waals surface area contributed by atoms with Gasteiger partial charge in [-0.25, -0.2) is 0 Å². The van der Waals surface area contributed by atoms with Crippen molar-refractivity contribution in [3.63, 3.8) is 0 Å². The molecule has 1 heterocycles. The standard InChI is InChI=1S/C29H38Cl3F3N2O5/c1-27(2,3)42-11-10-36(15-22(38)24-20(31)12-17(30)13-21(24)32)26(41)19-16-37(5,25(19)29(33,34)35)18-6-8-28(4,9-7-18)14-23(39)40/h12-13,18,22,38H,6-11,14-16H2,1-5H3/p+1. The number of halogens is 6. The highest BCUT2D eigenvalue weighted by atomic mass is 35.5. The van der Waals surface area contributed by atoms with Crippen LogP contribution in [0.3, 0.4) is 0 Å². The van der Waals surface area contributed by atoms with Gasteiger partial charge in [0.1, 0.15) is 12.1 Å². The molecule has 1 aromatic carbocycles. The maximum atomic E-state index is 14.6. The second kappa shape index (κ2) is 12.8. The first-order valence-electron chi connectivity index (χ1n) is 13.8. The Bertz CT molecular complexity index is 1200. The minimum Gasteiger partial charge on any atom is -0.481 e. The number of quaternary nitrogens is 1. The minimum atomic E-state index is -4.77. The molecule has 2 aliphatic rings. The summed E-state index contributed by atoms with van der Waals surface area (Å²) < 4.78 is 49.0. The van der Waals surface area contributed by atoms with Crippen molar-refractivity contribution in [3.05, 3.63) is 44.0 Å². The number of aliphatic hydroxyl groups excluding tert-OH is 1. The number of carbonyl (C=O) groups is 2. The lowest BCUT2D eigenvalue weighted by Crippen LogP contribution is -2.65. The van der Waals surface area contributed by atoms with Crippen LogP contribution in [-0.4, -0.2) is 82.6 Å². The first-order chi connectivity index (χ1) is 19.2. The van der Waals surface area contributed by atoms with Crippen LogP contribution in [0.25, 0.3) is 0 Å². The molecule has 13 heteroatoms. The van der Waals surface area contributed by atoms with Gasteiger partial charge >= 0.3 is 12.1 Å². The summed E-state index contributed by atoms with van der Waals surface area (Å²) in [7, 11) is 1.49. The number of aliphatic carboxylic acids is 1. The highest BCUT2D eigenvalue weighted by Gasteiger charge is 2.62. The lowest BCUT2D eigenvalue weighted by atomic mass is 9.70. The van der Waals surface area contributed by atoms with E-state index in [2.05, 4.69) is 0 Å². The third-order valence-electron chi connectivity index (χ3n) is 8.31. The van der Waals surface area contributed by atoms with E-state index in [1.165, 1.54) is 19.2 Å². The average molecular weight is 659 g/mol. The van der Waals surface area contributed by atoms with E-state index in [-0.39, 0.29) is 58.9 Å². The molecule has 236 valence electrons. The summed E-state index contributed by atoms with van der Waals surface area (Å²) in [6.07, 6.45) is -4.41. The largest absolute Gasteiger partial charge is 0.481 e. The Morgan fingerprint density at radius 3 is 2.17 bits per heavy atom. The van der Waals surface area contributed by atoms with Gasteiger partial charge in [0, 0.05) is 40.0 Å². The van der Waals surface area contributed by atoms with Crippen molar-refractivity contribution in [1.29, 1.82) is 0 Å². The summed E-state index contributed by atoms with van der Waals surface area (Å²) in [6.45, 7) is 6.72. The van der Waals surface area contributed by atoms with Gasteiger partial charge in [-0.1, -0.05) is 41.7 Å². The van der Waals surface area contributed by atoms with E-state index in [4.69, 9.17) is 39.5 Å². The summed E-state index contributed by atoms with van der Waals surface area (Å²) in [6, 6.07) is 2.36. The Hall–Kier alpha value is -1.56. The van der Waals surface area contributed by atoms with Crippen molar-refractivity contribution in [2.75, 3.05) is 33.3 Å². The minimum absolute atomic E-state index is 0.0234. The summed E-state index contributed by atoms with van der Waals surface area (Å²) in [4.78, 5) is 26.2. The van der Waals surface area contributed by atoms with Crippen molar-refractivity contribution in [2.45, 2.75) is 83.7 Å². The zero-order chi connectivity index (χ0) is 31.8. The summed E-state index contributed by atoms with van der Waals surface area (Å²) in [5.41, 5.74) is -2.19. The van der Waals surface area contributed by atoms with Crippen LogP contribution in [0.2, 0.25) is 15.1 Å². The molecule has 1 aliphatic carbocycles. The van der Waals surface area contributed by atoms with E-state index in [0.717, 1.165) is 4.90 Å². The van der Waals surface area contributed by atoms with E-state index in [1.54, 1.807) is 0 Å². The van der Waals surface area contributed by atoms with Crippen molar-refractivity contribution >= 4 is 46.7 Å². The molecule has 2 atom stereocenters. The number of carboxylic acids is 1. The number of aliphatic hydroxyl groups is 1. The summed E-state index contributed by atoms with van der Waals surface area (Å²) in [5, 5.41) is 20.6. The molecule has 2 unspecified atom stereocenters. The number of alkyl halides is 3. The molecule has 0 spiro atoms. The van der Waals surface area contributed by atoms with Gasteiger partial charge in [0.25, 0.3) is 5.91 Å². The molecule has 3 rings (SSSR count). The van der Waals surface area contributed by atoms with Gasteiger partial charge in [0.15, 0.2) is 0 Å². The lowest BCUT2D eigenvalue weighted by molar-refractivity contribution is -0.921. The fourth-order valence-corrected chi connectivity index (χ4v) is 7.22. The fourth-order valence-electron chi connectivity index (χ4n) is 6.15. The molecule has 2 N–H and O–H groups in total. The number of carboxylic acid groups (broad SMARTS) is 1. The number of nitrogens with zero attached hydrogens (tertiary/aromatic N) is 2. The van der Waals surface area contributed by atoms with Gasteiger partial charge in [-0.15, -0.1) is 0 Å². The molecule has 1 amide bonds. The van der Waals surface area contributed by atoms with Crippen LogP contribution in [0, 0.1) is 5.41 Å². The Kier molecular flexibility index (Phi) is 10.7. The van der Waals surface area contributed by atoms with Crippen LogP contribution in [0.15, 0.2) is 23.4 Å². The summed E-state index contributed by atoms with van der Waals surface area (Å²) >= 11 is 18.5. The molecule has 7 nitrogen and oxygen atoms in total. The van der Waals surface area contributed by atoms with E-state index in [9.17, 15) is 33.0 Å². The van der Waals surface area contributed by atoms with Crippen LogP contribution in [0.4, 0.5) is 13.2 Å². The smallest absolute Gasteiger partial charge is 0.467 e.